The summed E-state index contributed by atoms with van der Waals surface area (Å²) < 4.78 is 72.2. The summed E-state index contributed by atoms with van der Waals surface area (Å²) in [6.07, 6.45) is -3.35. The molecule has 0 spiro atoms. The topological polar surface area (TPSA) is 55.6 Å². The van der Waals surface area contributed by atoms with E-state index in [1.54, 1.807) is 4.68 Å². The number of imidazole rings is 1. The van der Waals surface area contributed by atoms with Crippen molar-refractivity contribution in [1.82, 2.24) is 19.3 Å². The Morgan fingerprint density at radius 1 is 1.00 bits per heavy atom. The van der Waals surface area contributed by atoms with E-state index in [0.717, 1.165) is 31.0 Å². The Balaban J connectivity index is 1.81. The van der Waals surface area contributed by atoms with Crippen LogP contribution < -0.4 is 5.56 Å². The van der Waals surface area contributed by atoms with Gasteiger partial charge in [-0.2, -0.15) is 13.2 Å². The van der Waals surface area contributed by atoms with Crippen molar-refractivity contribution in [2.45, 2.75) is 32.1 Å². The molecule has 0 atom stereocenters. The minimum atomic E-state index is -4.88. The maximum absolute atomic E-state index is 15.1. The molecule has 0 unspecified atom stereocenters. The van der Waals surface area contributed by atoms with Crippen LogP contribution in [0.15, 0.2) is 29.1 Å². The molecule has 1 N–H and O–H groups in total. The van der Waals surface area contributed by atoms with Gasteiger partial charge in [0.25, 0.3) is 5.56 Å². The number of alkyl halides is 3. The third kappa shape index (κ3) is 3.43. The number of rotatable bonds is 2. The molecule has 2 aromatic heterocycles. The van der Waals surface area contributed by atoms with E-state index in [0.29, 0.717) is 19.2 Å². The number of halogens is 7. The van der Waals surface area contributed by atoms with E-state index in [2.05, 4.69) is 9.97 Å². The van der Waals surface area contributed by atoms with Crippen LogP contribution in [0.2, 0.25) is 10.2 Å². The van der Waals surface area contributed by atoms with Gasteiger partial charge in [-0.15, -0.1) is 0 Å². The fraction of sp³-hybridized carbons (Fsp3) is 0.238. The number of benzene rings is 2. The van der Waals surface area contributed by atoms with E-state index in [4.69, 9.17) is 23.2 Å². The molecule has 0 saturated carbocycles. The van der Waals surface area contributed by atoms with Crippen molar-refractivity contribution < 1.29 is 22.0 Å². The molecule has 1 aliphatic rings. The molecule has 0 amide bonds. The van der Waals surface area contributed by atoms with E-state index >= 15 is 4.39 Å². The first kappa shape index (κ1) is 22.0. The lowest BCUT2D eigenvalue weighted by atomic mass is 10.1. The van der Waals surface area contributed by atoms with Crippen LogP contribution in [-0.2, 0) is 19.3 Å². The van der Waals surface area contributed by atoms with E-state index in [-0.39, 0.29) is 38.2 Å². The molecule has 0 aliphatic carbocycles. The van der Waals surface area contributed by atoms with Crippen LogP contribution in [0.5, 0.6) is 0 Å². The Labute approximate surface area is 192 Å². The largest absolute Gasteiger partial charge is 0.417 e. The number of hydrogen-bond donors (Lipinski definition) is 1. The number of aromatic nitrogens is 4. The first-order valence-electron chi connectivity index (χ1n) is 9.82. The summed E-state index contributed by atoms with van der Waals surface area (Å²) in [5, 5.41) is -0.166. The van der Waals surface area contributed by atoms with Gasteiger partial charge in [0, 0.05) is 18.7 Å². The molecule has 0 bridgehead atoms. The highest BCUT2D eigenvalue weighted by atomic mass is 35.5. The molecule has 3 heterocycles. The quantitative estimate of drug-likeness (QED) is 0.329. The molecular formula is C21H13Cl2F5N4O. The molecule has 0 fully saturated rings. The second kappa shape index (κ2) is 7.59. The van der Waals surface area contributed by atoms with E-state index < -0.39 is 34.5 Å². The van der Waals surface area contributed by atoms with Crippen LogP contribution in [0, 0.1) is 11.6 Å². The molecule has 2 aromatic carbocycles. The van der Waals surface area contributed by atoms with Gasteiger partial charge in [-0.1, -0.05) is 23.2 Å². The van der Waals surface area contributed by atoms with Gasteiger partial charge in [0.1, 0.15) is 28.1 Å². The minimum absolute atomic E-state index is 0.0103. The molecule has 1 aliphatic heterocycles. The summed E-state index contributed by atoms with van der Waals surface area (Å²) in [6, 6.07) is 3.04. The Hall–Kier alpha value is -2.85. The standard InChI is InChI=1S/C21H13Cl2F5N4O/c22-12-8-13(25)14(15-18(23)31-5-1-2-6-32(31)20(15)33)17-16(12)29-19(30-17)10-4-3-9(24)7-11(10)21(26,27)28/h3-4,7-8H,1-2,5-6H2,(H,29,30). The highest BCUT2D eigenvalue weighted by Gasteiger charge is 2.35. The van der Waals surface area contributed by atoms with Crippen molar-refractivity contribution in [1.29, 1.82) is 0 Å². The molecule has 172 valence electrons. The average Bonchev–Trinajstić information content (AvgIpc) is 3.30. The lowest BCUT2D eigenvalue weighted by Gasteiger charge is -2.17. The van der Waals surface area contributed by atoms with E-state index in [1.807, 2.05) is 0 Å². The summed E-state index contributed by atoms with van der Waals surface area (Å²) in [4.78, 5) is 19.8. The second-order valence-corrected chi connectivity index (χ2v) is 8.40. The van der Waals surface area contributed by atoms with E-state index in [9.17, 15) is 22.4 Å². The Kier molecular flexibility index (Phi) is 5.06. The van der Waals surface area contributed by atoms with Crippen LogP contribution >= 0.6 is 23.2 Å². The molecule has 0 saturated heterocycles. The minimum Gasteiger partial charge on any atom is -0.337 e. The SMILES string of the molecule is O=c1c(-c2c(F)cc(Cl)c3nc(-c4ccc(F)cc4C(F)(F)F)[nH]c23)c(Cl)n2n1CCCC2. The fourth-order valence-electron chi connectivity index (χ4n) is 4.16. The Bertz CT molecular complexity index is 1490. The van der Waals surface area contributed by atoms with Gasteiger partial charge in [-0.05, 0) is 37.1 Å². The van der Waals surface area contributed by atoms with Gasteiger partial charge in [0.15, 0.2) is 0 Å². The lowest BCUT2D eigenvalue weighted by molar-refractivity contribution is -0.137. The smallest absolute Gasteiger partial charge is 0.337 e. The summed E-state index contributed by atoms with van der Waals surface area (Å²) in [5.41, 5.74) is -2.77. The van der Waals surface area contributed by atoms with Crippen molar-refractivity contribution >= 4 is 34.2 Å². The van der Waals surface area contributed by atoms with Gasteiger partial charge in [0.2, 0.25) is 0 Å². The first-order valence-corrected chi connectivity index (χ1v) is 10.6. The summed E-state index contributed by atoms with van der Waals surface area (Å²) in [7, 11) is 0. The second-order valence-electron chi connectivity index (χ2n) is 7.64. The monoisotopic (exact) mass is 502 g/mol. The normalized spacial score (nSPS) is 14.2. The third-order valence-electron chi connectivity index (χ3n) is 5.63. The zero-order chi connectivity index (χ0) is 23.7. The van der Waals surface area contributed by atoms with E-state index in [1.165, 1.54) is 4.68 Å². The van der Waals surface area contributed by atoms with Crippen LogP contribution in [0.1, 0.15) is 18.4 Å². The van der Waals surface area contributed by atoms with Gasteiger partial charge >= 0.3 is 6.18 Å². The Morgan fingerprint density at radius 2 is 1.70 bits per heavy atom. The van der Waals surface area contributed by atoms with Crippen molar-refractivity contribution in [3.8, 4) is 22.5 Å². The van der Waals surface area contributed by atoms with Crippen LogP contribution in [0.25, 0.3) is 33.5 Å². The zero-order valence-corrected chi connectivity index (χ0v) is 18.0. The van der Waals surface area contributed by atoms with Crippen molar-refractivity contribution in [2.24, 2.45) is 0 Å². The maximum atomic E-state index is 15.1. The number of hydrogen-bond acceptors (Lipinski definition) is 2. The van der Waals surface area contributed by atoms with Gasteiger partial charge in [0.05, 0.1) is 27.2 Å². The van der Waals surface area contributed by atoms with Crippen molar-refractivity contribution in [2.75, 3.05) is 0 Å². The fourth-order valence-corrected chi connectivity index (χ4v) is 4.75. The highest BCUT2D eigenvalue weighted by Crippen LogP contribution is 2.41. The summed E-state index contributed by atoms with van der Waals surface area (Å²) >= 11 is 12.6. The van der Waals surface area contributed by atoms with Gasteiger partial charge < -0.3 is 4.98 Å². The number of nitrogens with zero attached hydrogens (tertiary/aromatic N) is 3. The molecule has 12 heteroatoms. The third-order valence-corrected chi connectivity index (χ3v) is 6.30. The molecule has 0 radical (unpaired) electrons. The van der Waals surface area contributed by atoms with Gasteiger partial charge in [-0.25, -0.2) is 18.4 Å². The molecule has 5 rings (SSSR count). The van der Waals surface area contributed by atoms with Crippen molar-refractivity contribution in [3.63, 3.8) is 0 Å². The summed E-state index contributed by atoms with van der Waals surface area (Å²) in [6.45, 7) is 0.862. The summed E-state index contributed by atoms with van der Waals surface area (Å²) in [5.74, 6) is -2.28. The van der Waals surface area contributed by atoms with Crippen LogP contribution in [0.3, 0.4) is 0 Å². The number of nitrogens with one attached hydrogen (secondary N) is 1. The predicted molar refractivity (Wildman–Crippen MR) is 113 cm³/mol. The molecule has 5 nitrogen and oxygen atoms in total. The number of aromatic amines is 1. The highest BCUT2D eigenvalue weighted by molar-refractivity contribution is 6.36. The van der Waals surface area contributed by atoms with Crippen LogP contribution in [0.4, 0.5) is 22.0 Å². The number of fused-ring (bicyclic) bond motifs is 2. The predicted octanol–water partition coefficient (Wildman–Crippen LogP) is 6.26. The molecule has 33 heavy (non-hydrogen) atoms. The average molecular weight is 503 g/mol. The molecule has 4 aromatic rings. The van der Waals surface area contributed by atoms with Crippen molar-refractivity contribution in [3.05, 3.63) is 62.0 Å². The van der Waals surface area contributed by atoms with Gasteiger partial charge in [-0.3, -0.25) is 9.48 Å². The zero-order valence-electron chi connectivity index (χ0n) is 16.5. The first-order chi connectivity index (χ1) is 15.6. The van der Waals surface area contributed by atoms with Crippen LogP contribution in [-0.4, -0.2) is 19.3 Å². The lowest BCUT2D eigenvalue weighted by Crippen LogP contribution is -2.27. The Morgan fingerprint density at radius 3 is 2.36 bits per heavy atom. The molecular weight excluding hydrogens is 490 g/mol. The number of H-pyrrole nitrogens is 1. The maximum Gasteiger partial charge on any atom is 0.417 e.